The number of para-hydroxylation sites is 1. The van der Waals surface area contributed by atoms with E-state index in [2.05, 4.69) is 25.5 Å². The molecule has 0 saturated carbocycles. The molecule has 0 radical (unpaired) electrons. The number of nitrogens with zero attached hydrogens (tertiary/aromatic N) is 2. The predicted molar refractivity (Wildman–Crippen MR) is 116 cm³/mol. The smallest absolute Gasteiger partial charge is 0.248 e. The van der Waals surface area contributed by atoms with Crippen LogP contribution in [0, 0.1) is 0 Å². The Bertz CT molecular complexity index is 1020. The molecule has 2 aromatic heterocycles. The van der Waals surface area contributed by atoms with E-state index < -0.39 is 6.04 Å². The van der Waals surface area contributed by atoms with E-state index in [0.717, 1.165) is 35.2 Å². The Kier molecular flexibility index (Phi) is 5.94. The summed E-state index contributed by atoms with van der Waals surface area (Å²) in [6, 6.07) is 10.9. The number of fused-ring (bicyclic) bond motifs is 1. The van der Waals surface area contributed by atoms with Crippen LogP contribution in [0.2, 0.25) is 0 Å². The van der Waals surface area contributed by atoms with Gasteiger partial charge in [0.05, 0.1) is 25.1 Å². The monoisotopic (exact) mass is 407 g/mol. The molecule has 1 fully saturated rings. The topological polar surface area (TPSA) is 99.3 Å². The van der Waals surface area contributed by atoms with Crippen molar-refractivity contribution in [3.63, 3.8) is 0 Å². The van der Waals surface area contributed by atoms with E-state index in [1.54, 1.807) is 12.3 Å². The number of pyridine rings is 1. The number of anilines is 2. The number of aromatic nitrogens is 2. The zero-order chi connectivity index (χ0) is 20.9. The summed E-state index contributed by atoms with van der Waals surface area (Å²) in [7, 11) is 0. The van der Waals surface area contributed by atoms with Crippen molar-refractivity contribution in [2.24, 2.45) is 0 Å². The summed E-state index contributed by atoms with van der Waals surface area (Å²) in [6.07, 6.45) is 4.00. The largest absolute Gasteiger partial charge is 0.378 e. The van der Waals surface area contributed by atoms with Crippen molar-refractivity contribution in [3.8, 4) is 0 Å². The molecule has 0 spiro atoms. The fourth-order valence-corrected chi connectivity index (χ4v) is 3.66. The van der Waals surface area contributed by atoms with Gasteiger partial charge in [0, 0.05) is 43.5 Å². The summed E-state index contributed by atoms with van der Waals surface area (Å²) in [6.45, 7) is 4.45. The highest BCUT2D eigenvalue weighted by Crippen LogP contribution is 2.20. The van der Waals surface area contributed by atoms with Crippen LogP contribution in [-0.2, 0) is 20.7 Å². The number of carbonyl (C=O) groups excluding carboxylic acids is 2. The number of hydrogen-bond acceptors (Lipinski definition) is 5. The van der Waals surface area contributed by atoms with Crippen LogP contribution in [0.4, 0.5) is 11.5 Å². The number of rotatable bonds is 6. The maximum Gasteiger partial charge on any atom is 0.248 e. The van der Waals surface area contributed by atoms with Gasteiger partial charge >= 0.3 is 0 Å². The molecule has 2 amide bonds. The molecule has 1 unspecified atom stereocenters. The van der Waals surface area contributed by atoms with Gasteiger partial charge in [0.2, 0.25) is 11.8 Å². The van der Waals surface area contributed by atoms with Crippen molar-refractivity contribution < 1.29 is 14.3 Å². The van der Waals surface area contributed by atoms with Crippen LogP contribution in [0.1, 0.15) is 12.5 Å². The molecular weight excluding hydrogens is 382 g/mol. The molecule has 3 N–H and O–H groups in total. The summed E-state index contributed by atoms with van der Waals surface area (Å²) in [5.41, 5.74) is 2.96. The van der Waals surface area contributed by atoms with E-state index in [9.17, 15) is 9.59 Å². The summed E-state index contributed by atoms with van der Waals surface area (Å²) in [4.78, 5) is 34.4. The molecule has 8 nitrogen and oxygen atoms in total. The van der Waals surface area contributed by atoms with Gasteiger partial charge in [-0.2, -0.15) is 0 Å². The molecule has 1 aliphatic heterocycles. The lowest BCUT2D eigenvalue weighted by Crippen LogP contribution is -2.44. The Morgan fingerprint density at radius 3 is 2.73 bits per heavy atom. The van der Waals surface area contributed by atoms with Gasteiger partial charge in [-0.05, 0) is 23.8 Å². The lowest BCUT2D eigenvalue weighted by molar-refractivity contribution is -0.125. The van der Waals surface area contributed by atoms with Gasteiger partial charge in [-0.15, -0.1) is 0 Å². The zero-order valence-electron chi connectivity index (χ0n) is 16.9. The predicted octanol–water partition coefficient (Wildman–Crippen LogP) is 2.09. The van der Waals surface area contributed by atoms with Gasteiger partial charge in [-0.3, -0.25) is 9.59 Å². The number of carbonyl (C=O) groups is 2. The van der Waals surface area contributed by atoms with Crippen LogP contribution in [0.5, 0.6) is 0 Å². The Morgan fingerprint density at radius 1 is 1.20 bits per heavy atom. The quantitative estimate of drug-likeness (QED) is 0.581. The van der Waals surface area contributed by atoms with E-state index in [0.29, 0.717) is 25.5 Å². The van der Waals surface area contributed by atoms with Gasteiger partial charge in [0.15, 0.2) is 0 Å². The van der Waals surface area contributed by atoms with Crippen molar-refractivity contribution >= 4 is 34.2 Å². The molecule has 1 atom stereocenters. The van der Waals surface area contributed by atoms with Crippen LogP contribution in [0.3, 0.4) is 0 Å². The van der Waals surface area contributed by atoms with E-state index in [1.165, 1.54) is 6.92 Å². The average molecular weight is 407 g/mol. The minimum Gasteiger partial charge on any atom is -0.378 e. The van der Waals surface area contributed by atoms with E-state index >= 15 is 0 Å². The normalized spacial score (nSPS) is 15.0. The Morgan fingerprint density at radius 2 is 2.00 bits per heavy atom. The molecule has 4 rings (SSSR count). The number of ether oxygens (including phenoxy) is 1. The Labute approximate surface area is 174 Å². The van der Waals surface area contributed by atoms with Crippen LogP contribution in [0.15, 0.2) is 48.8 Å². The molecule has 1 saturated heterocycles. The fourth-order valence-electron chi connectivity index (χ4n) is 3.66. The maximum absolute atomic E-state index is 12.9. The molecule has 30 heavy (non-hydrogen) atoms. The molecule has 156 valence electrons. The molecule has 0 bridgehead atoms. The van der Waals surface area contributed by atoms with Gasteiger partial charge in [0.1, 0.15) is 11.9 Å². The van der Waals surface area contributed by atoms with Crippen molar-refractivity contribution in [2.75, 3.05) is 36.5 Å². The molecular formula is C22H25N5O3. The molecule has 1 aliphatic rings. The summed E-state index contributed by atoms with van der Waals surface area (Å²) in [5.74, 6) is -0.112. The standard InChI is InChI=1S/C22H25N5O3/c1-15(28)25-20(12-16-13-23-19-5-3-2-4-18(16)19)22(29)26-21-7-6-17(14-24-21)27-8-10-30-11-9-27/h2-7,13-14,20,23H,8-12H2,1H3,(H,25,28)(H,24,26,29). The van der Waals surface area contributed by atoms with Crippen molar-refractivity contribution in [2.45, 2.75) is 19.4 Å². The van der Waals surface area contributed by atoms with Crippen LogP contribution in [0.25, 0.3) is 10.9 Å². The number of morpholine rings is 1. The van der Waals surface area contributed by atoms with Crippen LogP contribution in [-0.4, -0.2) is 54.1 Å². The summed E-state index contributed by atoms with van der Waals surface area (Å²) in [5, 5.41) is 6.61. The highest BCUT2D eigenvalue weighted by molar-refractivity contribution is 5.97. The fraction of sp³-hybridized carbons (Fsp3) is 0.318. The maximum atomic E-state index is 12.9. The summed E-state index contributed by atoms with van der Waals surface area (Å²) >= 11 is 0. The van der Waals surface area contributed by atoms with Gasteiger partial charge < -0.3 is 25.3 Å². The third kappa shape index (κ3) is 4.60. The lowest BCUT2D eigenvalue weighted by atomic mass is 10.0. The van der Waals surface area contributed by atoms with E-state index in [1.807, 2.05) is 36.5 Å². The van der Waals surface area contributed by atoms with E-state index in [4.69, 9.17) is 4.74 Å². The third-order valence-electron chi connectivity index (χ3n) is 5.17. The minimum atomic E-state index is -0.706. The molecule has 1 aromatic carbocycles. The van der Waals surface area contributed by atoms with Crippen molar-refractivity contribution in [3.05, 3.63) is 54.4 Å². The first kappa shape index (κ1) is 19.9. The number of aromatic amines is 1. The average Bonchev–Trinajstić information content (AvgIpc) is 3.17. The minimum absolute atomic E-state index is 0.259. The summed E-state index contributed by atoms with van der Waals surface area (Å²) < 4.78 is 5.37. The number of nitrogens with one attached hydrogen (secondary N) is 3. The first-order valence-electron chi connectivity index (χ1n) is 10.0. The van der Waals surface area contributed by atoms with Crippen LogP contribution >= 0.6 is 0 Å². The number of hydrogen-bond donors (Lipinski definition) is 3. The zero-order valence-corrected chi connectivity index (χ0v) is 16.9. The molecule has 3 heterocycles. The second-order valence-corrected chi connectivity index (χ2v) is 7.31. The Hall–Kier alpha value is -3.39. The number of amides is 2. The van der Waals surface area contributed by atoms with E-state index in [-0.39, 0.29) is 11.8 Å². The SMILES string of the molecule is CC(=O)NC(Cc1c[nH]c2ccccc12)C(=O)Nc1ccc(N2CCOCC2)cn1. The lowest BCUT2D eigenvalue weighted by Gasteiger charge is -2.28. The first-order valence-corrected chi connectivity index (χ1v) is 10.0. The number of H-pyrrole nitrogens is 1. The highest BCUT2D eigenvalue weighted by Gasteiger charge is 2.22. The first-order chi connectivity index (χ1) is 14.6. The molecule has 0 aliphatic carbocycles. The van der Waals surface area contributed by atoms with Gasteiger partial charge in [-0.25, -0.2) is 4.98 Å². The highest BCUT2D eigenvalue weighted by atomic mass is 16.5. The van der Waals surface area contributed by atoms with Gasteiger partial charge in [0.25, 0.3) is 0 Å². The molecule has 3 aromatic rings. The number of benzene rings is 1. The molecule has 8 heteroatoms. The van der Waals surface area contributed by atoms with Gasteiger partial charge in [-0.1, -0.05) is 18.2 Å². The third-order valence-corrected chi connectivity index (χ3v) is 5.17. The second kappa shape index (κ2) is 8.96. The van der Waals surface area contributed by atoms with Crippen molar-refractivity contribution in [1.82, 2.24) is 15.3 Å². The van der Waals surface area contributed by atoms with Crippen molar-refractivity contribution in [1.29, 1.82) is 0 Å². The second-order valence-electron chi connectivity index (χ2n) is 7.31. The van der Waals surface area contributed by atoms with Crippen LogP contribution < -0.4 is 15.5 Å². The Balaban J connectivity index is 1.46.